The Labute approximate surface area is 160 Å². The molecule has 0 unspecified atom stereocenters. The number of benzene rings is 2. The summed E-state index contributed by atoms with van der Waals surface area (Å²) in [6.07, 6.45) is 4.65. The Bertz CT molecular complexity index is 948. The van der Waals surface area contributed by atoms with Crippen LogP contribution >= 0.6 is 11.3 Å². The second-order valence-corrected chi connectivity index (χ2v) is 7.03. The molecule has 0 fully saturated rings. The number of aromatic nitrogens is 1. The fraction of sp³-hybridized carbons (Fsp3) is 0.158. The summed E-state index contributed by atoms with van der Waals surface area (Å²) in [6.45, 7) is 1.31. The van der Waals surface area contributed by atoms with Gasteiger partial charge in [-0.25, -0.2) is 4.98 Å². The molecule has 1 aromatic heterocycles. The molecular weight excluding hydrogens is 362 g/mol. The van der Waals surface area contributed by atoms with Crippen LogP contribution in [0.25, 0.3) is 10.2 Å². The molecule has 0 amide bonds. The van der Waals surface area contributed by atoms with Crippen molar-refractivity contribution < 1.29 is 5.21 Å². The van der Waals surface area contributed by atoms with Crippen LogP contribution in [0, 0.1) is 5.21 Å². The first-order valence-corrected chi connectivity index (χ1v) is 9.36. The van der Waals surface area contributed by atoms with Crippen molar-refractivity contribution in [2.24, 2.45) is 4.99 Å². The van der Waals surface area contributed by atoms with Crippen molar-refractivity contribution in [1.82, 2.24) is 10.3 Å². The summed E-state index contributed by atoms with van der Waals surface area (Å²) in [5.41, 5.74) is 2.25. The van der Waals surface area contributed by atoms with Gasteiger partial charge in [-0.15, -0.1) is 0 Å². The van der Waals surface area contributed by atoms with Crippen LogP contribution in [-0.4, -0.2) is 29.2 Å². The number of hydrogen-bond donors (Lipinski definition) is 2. The number of nitrogens with zero attached hydrogens (tertiary/aromatic N) is 4. The first kappa shape index (κ1) is 17.5. The van der Waals surface area contributed by atoms with Gasteiger partial charge in [-0.3, -0.25) is 15.1 Å². The number of guanidine groups is 1. The molecule has 3 aromatic rings. The average Bonchev–Trinajstić information content (AvgIpc) is 3.13. The number of fused-ring (bicyclic) bond motifs is 1. The molecule has 0 radical (unpaired) electrons. The van der Waals surface area contributed by atoms with E-state index in [0.29, 0.717) is 6.54 Å². The molecule has 138 valence electrons. The minimum absolute atomic E-state index is 0.141. The van der Waals surface area contributed by atoms with E-state index < -0.39 is 0 Å². The fourth-order valence-electron chi connectivity index (χ4n) is 2.81. The van der Waals surface area contributed by atoms with Crippen molar-refractivity contribution in [1.29, 1.82) is 0 Å². The maximum atomic E-state index is 10.8. The third-order valence-corrected chi connectivity index (χ3v) is 5.27. The predicted molar refractivity (Wildman–Crippen MR) is 109 cm³/mol. The van der Waals surface area contributed by atoms with Crippen molar-refractivity contribution in [2.45, 2.75) is 6.42 Å². The molecule has 0 atom stereocenters. The molecule has 8 heteroatoms. The van der Waals surface area contributed by atoms with E-state index in [1.807, 2.05) is 42.6 Å². The smallest absolute Gasteiger partial charge is 0.204 e. The molecule has 7 nitrogen and oxygen atoms in total. The third-order valence-electron chi connectivity index (χ3n) is 4.21. The van der Waals surface area contributed by atoms with E-state index in [0.717, 1.165) is 39.8 Å². The molecular formula is C19H18N5O2S-. The highest BCUT2D eigenvalue weighted by Crippen LogP contribution is 2.29. The van der Waals surface area contributed by atoms with Crippen LogP contribution < -0.4 is 15.4 Å². The van der Waals surface area contributed by atoms with Crippen molar-refractivity contribution in [3.63, 3.8) is 0 Å². The van der Waals surface area contributed by atoms with Crippen LogP contribution in [0.4, 0.5) is 10.8 Å². The van der Waals surface area contributed by atoms with Gasteiger partial charge in [-0.1, -0.05) is 35.6 Å². The molecule has 2 N–H and O–H groups in total. The summed E-state index contributed by atoms with van der Waals surface area (Å²) in [7, 11) is 0. The van der Waals surface area contributed by atoms with Gasteiger partial charge in [0.15, 0.2) is 5.13 Å². The lowest BCUT2D eigenvalue weighted by atomic mass is 10.1. The summed E-state index contributed by atoms with van der Waals surface area (Å²) in [4.78, 5) is 11.5. The van der Waals surface area contributed by atoms with Crippen molar-refractivity contribution in [3.05, 3.63) is 71.6 Å². The van der Waals surface area contributed by atoms with E-state index in [-0.39, 0.29) is 10.9 Å². The molecule has 27 heavy (non-hydrogen) atoms. The summed E-state index contributed by atoms with van der Waals surface area (Å²) < 4.78 is 1.15. The molecule has 0 bridgehead atoms. The van der Waals surface area contributed by atoms with Gasteiger partial charge in [0, 0.05) is 19.3 Å². The monoisotopic (exact) mass is 380 g/mol. The number of thiazole rings is 1. The van der Waals surface area contributed by atoms with Crippen LogP contribution in [-0.2, 0) is 6.42 Å². The highest BCUT2D eigenvalue weighted by atomic mass is 32.1. The van der Waals surface area contributed by atoms with Crippen LogP contribution in [0.15, 0.2) is 65.8 Å². The van der Waals surface area contributed by atoms with Gasteiger partial charge in [0.25, 0.3) is 0 Å². The van der Waals surface area contributed by atoms with Crippen LogP contribution in [0.2, 0.25) is 0 Å². The molecule has 0 aliphatic carbocycles. The first-order chi connectivity index (χ1) is 13.2. The van der Waals surface area contributed by atoms with Crippen molar-refractivity contribution in [3.8, 4) is 0 Å². The Morgan fingerprint density at radius 1 is 1.22 bits per heavy atom. The van der Waals surface area contributed by atoms with Gasteiger partial charge < -0.3 is 15.8 Å². The van der Waals surface area contributed by atoms with E-state index in [4.69, 9.17) is 10.2 Å². The maximum Gasteiger partial charge on any atom is 0.204 e. The van der Waals surface area contributed by atoms with Gasteiger partial charge in [-0.2, -0.15) is 0 Å². The normalized spacial score (nSPS) is 15.3. The van der Waals surface area contributed by atoms with Gasteiger partial charge in [0.1, 0.15) is 0 Å². The lowest BCUT2D eigenvalue weighted by Crippen LogP contribution is -2.42. The first-order valence-electron chi connectivity index (χ1n) is 8.55. The quantitative estimate of drug-likeness (QED) is 0.659. The summed E-state index contributed by atoms with van der Waals surface area (Å²) >= 11 is 1.64. The molecule has 1 aliphatic rings. The lowest BCUT2D eigenvalue weighted by Gasteiger charge is -2.25. The number of anilines is 2. The highest BCUT2D eigenvalue weighted by molar-refractivity contribution is 7.22. The van der Waals surface area contributed by atoms with E-state index >= 15 is 0 Å². The Morgan fingerprint density at radius 2 is 2.04 bits per heavy atom. The zero-order chi connectivity index (χ0) is 18.6. The second kappa shape index (κ2) is 7.75. The molecule has 0 saturated carbocycles. The minimum Gasteiger partial charge on any atom is -0.733 e. The Balaban J connectivity index is 1.47. The molecule has 0 spiro atoms. The van der Waals surface area contributed by atoms with Crippen LogP contribution in [0.5, 0.6) is 0 Å². The van der Waals surface area contributed by atoms with Gasteiger partial charge in [0.2, 0.25) is 5.96 Å². The Kier molecular flexibility index (Phi) is 5.01. The summed E-state index contributed by atoms with van der Waals surface area (Å²) in [6, 6.07) is 14.9. The molecule has 0 saturated heterocycles. The zero-order valence-corrected chi connectivity index (χ0v) is 15.3. The SMILES string of the molecule is [O-]N(O)c1ccc(CCN=C2NC=CCN2c2nc3ccccc3s2)cc1. The van der Waals surface area contributed by atoms with Gasteiger partial charge in [-0.05, 0) is 42.3 Å². The van der Waals surface area contributed by atoms with Gasteiger partial charge >= 0.3 is 0 Å². The number of rotatable bonds is 5. The third kappa shape index (κ3) is 3.92. The van der Waals surface area contributed by atoms with E-state index in [1.165, 1.54) is 0 Å². The number of nitrogens with one attached hydrogen (secondary N) is 1. The lowest BCUT2D eigenvalue weighted by molar-refractivity contribution is 0.296. The van der Waals surface area contributed by atoms with E-state index in [2.05, 4.69) is 21.3 Å². The van der Waals surface area contributed by atoms with E-state index in [9.17, 15) is 5.21 Å². The summed E-state index contributed by atoms with van der Waals surface area (Å²) in [5.74, 6) is 0.772. The summed E-state index contributed by atoms with van der Waals surface area (Å²) in [5, 5.41) is 23.7. The number of aliphatic imine (C=N–C) groups is 1. The highest BCUT2D eigenvalue weighted by Gasteiger charge is 2.18. The average molecular weight is 380 g/mol. The van der Waals surface area contributed by atoms with Crippen LogP contribution in [0.1, 0.15) is 5.56 Å². The molecule has 2 heterocycles. The second-order valence-electron chi connectivity index (χ2n) is 6.02. The number of para-hydroxylation sites is 1. The van der Waals surface area contributed by atoms with Crippen molar-refractivity contribution >= 4 is 38.3 Å². The number of hydrogen-bond acceptors (Lipinski definition) is 6. The minimum atomic E-state index is -0.141. The molecule has 2 aromatic carbocycles. The Hall–Kier alpha value is -2.94. The predicted octanol–water partition coefficient (Wildman–Crippen LogP) is 3.51. The largest absolute Gasteiger partial charge is 0.733 e. The molecule has 4 rings (SSSR count). The van der Waals surface area contributed by atoms with Gasteiger partial charge in [0.05, 0.1) is 15.9 Å². The zero-order valence-electron chi connectivity index (χ0n) is 14.4. The van der Waals surface area contributed by atoms with E-state index in [1.54, 1.807) is 23.5 Å². The Morgan fingerprint density at radius 3 is 2.81 bits per heavy atom. The maximum absolute atomic E-state index is 10.8. The van der Waals surface area contributed by atoms with Crippen molar-refractivity contribution in [2.75, 3.05) is 23.2 Å². The van der Waals surface area contributed by atoms with Crippen LogP contribution in [0.3, 0.4) is 0 Å². The standard InChI is InChI=1S/C19H18N5O2S/c25-24(26)15-8-6-14(7-9-15)10-12-21-18-20-11-3-13-23(18)19-22-16-4-1-2-5-17(16)27-19/h1-9,11,25H,10,12-13H2,(H,20,21)/q-1. The topological polar surface area (TPSA) is 87.0 Å². The molecule has 1 aliphatic heterocycles. The fourth-order valence-corrected chi connectivity index (χ4v) is 3.79.